The smallest absolute Gasteiger partial charge is 0.292 e. The van der Waals surface area contributed by atoms with Gasteiger partial charge in [0.15, 0.2) is 5.11 Å². The van der Waals surface area contributed by atoms with E-state index in [1.807, 2.05) is 72.8 Å². The van der Waals surface area contributed by atoms with Crippen molar-refractivity contribution in [2.75, 3.05) is 10.6 Å². The van der Waals surface area contributed by atoms with Crippen LogP contribution in [-0.2, 0) is 4.79 Å². The molecule has 0 heterocycles. The number of nitrogens with one attached hydrogen (secondary N) is 3. The number of nitro benzene ring substituents is 1. The summed E-state index contributed by atoms with van der Waals surface area (Å²) in [5, 5.41) is 22.1. The van der Waals surface area contributed by atoms with Gasteiger partial charge in [-0.1, -0.05) is 78.9 Å². The molecule has 3 N–H and O–H groups in total. The Kier molecular flexibility index (Phi) is 6.56. The van der Waals surface area contributed by atoms with Crippen LogP contribution in [0.3, 0.4) is 0 Å². The molecule has 0 saturated carbocycles. The molecule has 0 fully saturated rings. The molecule has 8 heteroatoms. The van der Waals surface area contributed by atoms with Crippen LogP contribution in [0.25, 0.3) is 10.8 Å². The minimum Gasteiger partial charge on any atom is -0.347 e. The number of hydrogen-bond acceptors (Lipinski definition) is 4. The molecule has 7 nitrogen and oxygen atoms in total. The first-order chi connectivity index (χ1) is 16.0. The van der Waals surface area contributed by atoms with Crippen molar-refractivity contribution in [2.45, 2.75) is 6.04 Å². The van der Waals surface area contributed by atoms with Gasteiger partial charge < -0.3 is 16.0 Å². The van der Waals surface area contributed by atoms with Crippen molar-refractivity contribution < 1.29 is 9.72 Å². The van der Waals surface area contributed by atoms with Crippen molar-refractivity contribution in [2.24, 2.45) is 0 Å². The molecule has 1 amide bonds. The van der Waals surface area contributed by atoms with Crippen LogP contribution in [0.4, 0.5) is 17.1 Å². The van der Waals surface area contributed by atoms with E-state index in [0.717, 1.165) is 10.8 Å². The fourth-order valence-electron chi connectivity index (χ4n) is 3.51. The number of carbonyl (C=O) groups excluding carboxylic acids is 1. The Balaban J connectivity index is 1.59. The normalized spacial score (nSPS) is 11.4. The number of benzene rings is 4. The van der Waals surface area contributed by atoms with Crippen LogP contribution in [0.15, 0.2) is 97.1 Å². The second kappa shape index (κ2) is 9.88. The molecule has 0 saturated heterocycles. The molecule has 0 aliphatic rings. The number of para-hydroxylation sites is 2. The summed E-state index contributed by atoms with van der Waals surface area (Å²) in [6.45, 7) is 0. The number of amides is 1. The molecular formula is C25H20N4O3S. The maximum absolute atomic E-state index is 13.4. The van der Waals surface area contributed by atoms with E-state index in [0.29, 0.717) is 11.3 Å². The number of rotatable bonds is 6. The molecule has 0 bridgehead atoms. The third kappa shape index (κ3) is 5.13. The summed E-state index contributed by atoms with van der Waals surface area (Å²) < 4.78 is 0. The maximum atomic E-state index is 13.4. The van der Waals surface area contributed by atoms with E-state index in [4.69, 9.17) is 12.2 Å². The molecule has 1 unspecified atom stereocenters. The zero-order valence-corrected chi connectivity index (χ0v) is 18.2. The summed E-state index contributed by atoms with van der Waals surface area (Å²) in [5.74, 6) is -0.315. The predicted molar refractivity (Wildman–Crippen MR) is 134 cm³/mol. The molecule has 0 radical (unpaired) electrons. The molecule has 0 aliphatic heterocycles. The molecule has 164 valence electrons. The number of nitrogens with zero attached hydrogens (tertiary/aromatic N) is 1. The molecule has 0 spiro atoms. The molecule has 0 aliphatic carbocycles. The summed E-state index contributed by atoms with van der Waals surface area (Å²) in [6, 6.07) is 28.0. The number of thiocarbonyl (C=S) groups is 1. The van der Waals surface area contributed by atoms with E-state index in [2.05, 4.69) is 16.0 Å². The van der Waals surface area contributed by atoms with Gasteiger partial charge >= 0.3 is 0 Å². The van der Waals surface area contributed by atoms with Gasteiger partial charge in [-0.05, 0) is 35.3 Å². The summed E-state index contributed by atoms with van der Waals surface area (Å²) in [7, 11) is 0. The van der Waals surface area contributed by atoms with Crippen LogP contribution in [0, 0.1) is 10.1 Å². The first kappa shape index (κ1) is 21.9. The summed E-state index contributed by atoms with van der Waals surface area (Å²) in [5.41, 5.74) is 1.50. The van der Waals surface area contributed by atoms with Crippen molar-refractivity contribution in [3.05, 3.63) is 113 Å². The zero-order valence-electron chi connectivity index (χ0n) is 17.4. The van der Waals surface area contributed by atoms with E-state index in [1.54, 1.807) is 18.2 Å². The van der Waals surface area contributed by atoms with E-state index in [-0.39, 0.29) is 22.4 Å². The van der Waals surface area contributed by atoms with Gasteiger partial charge in [0.2, 0.25) is 0 Å². The van der Waals surface area contributed by atoms with Gasteiger partial charge in [-0.25, -0.2) is 0 Å². The van der Waals surface area contributed by atoms with Crippen molar-refractivity contribution in [1.82, 2.24) is 5.32 Å². The highest BCUT2D eigenvalue weighted by molar-refractivity contribution is 7.80. The van der Waals surface area contributed by atoms with Gasteiger partial charge in [-0.2, -0.15) is 0 Å². The lowest BCUT2D eigenvalue weighted by Gasteiger charge is -2.21. The van der Waals surface area contributed by atoms with Crippen LogP contribution in [0.1, 0.15) is 11.6 Å². The summed E-state index contributed by atoms with van der Waals surface area (Å²) >= 11 is 5.39. The number of carbonyl (C=O) groups is 1. The van der Waals surface area contributed by atoms with Crippen LogP contribution < -0.4 is 16.0 Å². The Morgan fingerprint density at radius 2 is 1.42 bits per heavy atom. The Morgan fingerprint density at radius 1 is 0.788 bits per heavy atom. The zero-order chi connectivity index (χ0) is 23.2. The first-order valence-electron chi connectivity index (χ1n) is 10.2. The lowest BCUT2D eigenvalue weighted by Crippen LogP contribution is -2.39. The van der Waals surface area contributed by atoms with Crippen molar-refractivity contribution in [3.63, 3.8) is 0 Å². The molecular weight excluding hydrogens is 436 g/mol. The fraction of sp³-hybridized carbons (Fsp3) is 0.0400. The molecule has 4 aromatic rings. The maximum Gasteiger partial charge on any atom is 0.292 e. The third-order valence-corrected chi connectivity index (χ3v) is 5.29. The minimum absolute atomic E-state index is 0.0891. The second-order valence-corrected chi connectivity index (χ2v) is 7.64. The summed E-state index contributed by atoms with van der Waals surface area (Å²) in [4.78, 5) is 24.2. The molecule has 4 aromatic carbocycles. The molecule has 1 atom stereocenters. The topological polar surface area (TPSA) is 96.3 Å². The molecule has 0 aromatic heterocycles. The Bertz CT molecular complexity index is 1320. The lowest BCUT2D eigenvalue weighted by atomic mass is 10.1. The van der Waals surface area contributed by atoms with Gasteiger partial charge in [0.05, 0.1) is 4.92 Å². The quantitative estimate of drug-likeness (QED) is 0.204. The highest BCUT2D eigenvalue weighted by Gasteiger charge is 2.23. The van der Waals surface area contributed by atoms with Crippen LogP contribution in [-0.4, -0.2) is 15.9 Å². The second-order valence-electron chi connectivity index (χ2n) is 7.23. The third-order valence-electron chi connectivity index (χ3n) is 5.07. The number of anilines is 2. The lowest BCUT2D eigenvalue weighted by molar-refractivity contribution is -0.383. The van der Waals surface area contributed by atoms with Gasteiger partial charge in [-0.3, -0.25) is 14.9 Å². The average Bonchev–Trinajstić information content (AvgIpc) is 2.83. The van der Waals surface area contributed by atoms with Gasteiger partial charge in [0.1, 0.15) is 11.7 Å². The van der Waals surface area contributed by atoms with E-state index >= 15 is 0 Å². The average molecular weight is 457 g/mol. The Morgan fingerprint density at radius 3 is 2.21 bits per heavy atom. The monoisotopic (exact) mass is 456 g/mol. The SMILES string of the molecule is O=C(Nc1cccc2ccccc12)C(NC(=S)Nc1ccccc1[N+](=O)[O-])c1ccccc1. The van der Waals surface area contributed by atoms with Crippen LogP contribution in [0.5, 0.6) is 0 Å². The molecule has 33 heavy (non-hydrogen) atoms. The van der Waals surface area contributed by atoms with Gasteiger partial charge in [0, 0.05) is 17.1 Å². The van der Waals surface area contributed by atoms with E-state index < -0.39 is 11.0 Å². The minimum atomic E-state index is -0.826. The van der Waals surface area contributed by atoms with Crippen molar-refractivity contribution in [1.29, 1.82) is 0 Å². The van der Waals surface area contributed by atoms with Crippen molar-refractivity contribution >= 4 is 51.1 Å². The van der Waals surface area contributed by atoms with Crippen molar-refractivity contribution in [3.8, 4) is 0 Å². The van der Waals surface area contributed by atoms with Gasteiger partial charge in [0.25, 0.3) is 11.6 Å². The van der Waals surface area contributed by atoms with Crippen LogP contribution in [0.2, 0.25) is 0 Å². The van der Waals surface area contributed by atoms with E-state index in [9.17, 15) is 14.9 Å². The number of hydrogen-bond donors (Lipinski definition) is 3. The first-order valence-corrected chi connectivity index (χ1v) is 10.6. The Labute approximate surface area is 195 Å². The van der Waals surface area contributed by atoms with E-state index in [1.165, 1.54) is 6.07 Å². The Hall–Kier alpha value is -4.30. The summed E-state index contributed by atoms with van der Waals surface area (Å²) in [6.07, 6.45) is 0. The highest BCUT2D eigenvalue weighted by Crippen LogP contribution is 2.26. The largest absolute Gasteiger partial charge is 0.347 e. The van der Waals surface area contributed by atoms with Gasteiger partial charge in [-0.15, -0.1) is 0 Å². The highest BCUT2D eigenvalue weighted by atomic mass is 32.1. The standard InChI is InChI=1S/C25H20N4O3S/c30-24(26-20-15-8-12-17-9-4-5-13-19(17)20)23(18-10-2-1-3-11-18)28-25(33)27-21-14-6-7-16-22(21)29(31)32/h1-16,23H,(H,26,30)(H2,27,28,33). The number of nitro groups is 1. The fourth-order valence-corrected chi connectivity index (χ4v) is 3.74. The van der Waals surface area contributed by atoms with Crippen LogP contribution >= 0.6 is 12.2 Å². The molecule has 4 rings (SSSR count). The number of fused-ring (bicyclic) bond motifs is 1. The predicted octanol–water partition coefficient (Wildman–Crippen LogP) is 5.41.